The smallest absolute Gasteiger partial charge is 0.104 e. The molecule has 0 aliphatic carbocycles. The fourth-order valence-corrected chi connectivity index (χ4v) is 0.696. The van der Waals surface area contributed by atoms with Gasteiger partial charge in [-0.25, -0.2) is 0 Å². The Hall–Kier alpha value is -0.550. The molecule has 0 atom stereocenters. The monoisotopic (exact) mass is 141 g/mol. The van der Waals surface area contributed by atoms with Gasteiger partial charge < -0.3 is 4.74 Å². The van der Waals surface area contributed by atoms with Crippen molar-refractivity contribution in [2.75, 3.05) is 13.2 Å². The minimum atomic E-state index is -0.111. The topological polar surface area (TPSA) is 33.0 Å². The molecule has 1 fully saturated rings. The number of ether oxygens (including phenoxy) is 1. The van der Waals surface area contributed by atoms with Crippen molar-refractivity contribution in [1.82, 2.24) is 0 Å². The van der Waals surface area contributed by atoms with Gasteiger partial charge in [0.2, 0.25) is 0 Å². The minimum absolute atomic E-state index is 0.111. The average Bonchev–Trinajstić information content (AvgIpc) is 1.93. The van der Waals surface area contributed by atoms with Crippen LogP contribution in [-0.2, 0) is 4.74 Å². The molecule has 2 heteroatoms. The third-order valence-corrected chi connectivity index (χ3v) is 1.67. The third-order valence-electron chi connectivity index (χ3n) is 1.67. The fraction of sp³-hybridized carbons (Fsp3) is 0.875. The van der Waals surface area contributed by atoms with Crippen LogP contribution in [0, 0.1) is 16.7 Å². The van der Waals surface area contributed by atoms with E-state index in [1.54, 1.807) is 0 Å². The van der Waals surface area contributed by atoms with Crippen LogP contribution in [0.2, 0.25) is 0 Å². The maximum Gasteiger partial charge on any atom is 0.104 e. The van der Waals surface area contributed by atoms with E-state index < -0.39 is 0 Å². The number of nitrogens with zero attached hydrogens (tertiary/aromatic N) is 1. The molecule has 0 amide bonds. The van der Waals surface area contributed by atoms with Crippen molar-refractivity contribution < 1.29 is 4.74 Å². The highest BCUT2D eigenvalue weighted by atomic mass is 16.5. The number of rotatable bonds is 1. The number of hydrogen-bond acceptors (Lipinski definition) is 2. The molecule has 58 valence electrons. The standard InChI is InChI=1S/C6H9NO.C2H6/c1-2-6(3-7)4-8-5-6;1-2/h2,4-5H2,1H3;1-2H3. The highest BCUT2D eigenvalue weighted by Crippen LogP contribution is 2.29. The molecule has 0 N–H and O–H groups in total. The van der Waals surface area contributed by atoms with Gasteiger partial charge in [0.15, 0.2) is 0 Å². The summed E-state index contributed by atoms with van der Waals surface area (Å²) < 4.78 is 4.90. The van der Waals surface area contributed by atoms with Crippen molar-refractivity contribution in [3.8, 4) is 6.07 Å². The lowest BCUT2D eigenvalue weighted by Gasteiger charge is -2.33. The summed E-state index contributed by atoms with van der Waals surface area (Å²) in [6.07, 6.45) is 0.920. The summed E-state index contributed by atoms with van der Waals surface area (Å²) in [5, 5.41) is 8.51. The molecule has 0 spiro atoms. The lowest BCUT2D eigenvalue weighted by Crippen LogP contribution is -2.40. The van der Waals surface area contributed by atoms with Gasteiger partial charge in [0.25, 0.3) is 0 Å². The van der Waals surface area contributed by atoms with Gasteiger partial charge in [0.1, 0.15) is 5.41 Å². The maximum absolute atomic E-state index is 8.51. The van der Waals surface area contributed by atoms with Gasteiger partial charge >= 0.3 is 0 Å². The molecule has 0 radical (unpaired) electrons. The highest BCUT2D eigenvalue weighted by molar-refractivity contribution is 5.02. The van der Waals surface area contributed by atoms with Crippen molar-refractivity contribution in [3.63, 3.8) is 0 Å². The molecule has 10 heavy (non-hydrogen) atoms. The van der Waals surface area contributed by atoms with E-state index in [2.05, 4.69) is 6.07 Å². The first-order chi connectivity index (χ1) is 4.83. The Balaban J connectivity index is 0.000000371. The molecule has 0 saturated carbocycles. The van der Waals surface area contributed by atoms with Gasteiger partial charge in [0, 0.05) is 0 Å². The largest absolute Gasteiger partial charge is 0.378 e. The van der Waals surface area contributed by atoms with E-state index >= 15 is 0 Å². The molecule has 2 nitrogen and oxygen atoms in total. The number of nitriles is 1. The summed E-state index contributed by atoms with van der Waals surface area (Å²) >= 11 is 0. The first-order valence-electron chi connectivity index (χ1n) is 3.82. The van der Waals surface area contributed by atoms with Crippen molar-refractivity contribution in [2.45, 2.75) is 27.2 Å². The van der Waals surface area contributed by atoms with Gasteiger partial charge in [-0.15, -0.1) is 0 Å². The molecule has 1 aliphatic heterocycles. The Morgan fingerprint density at radius 3 is 2.00 bits per heavy atom. The second kappa shape index (κ2) is 4.29. The van der Waals surface area contributed by atoms with Crippen LogP contribution in [0.25, 0.3) is 0 Å². The molecule has 1 saturated heterocycles. The van der Waals surface area contributed by atoms with Gasteiger partial charge in [-0.1, -0.05) is 20.8 Å². The van der Waals surface area contributed by atoms with Crippen LogP contribution in [0.1, 0.15) is 27.2 Å². The van der Waals surface area contributed by atoms with Crippen LogP contribution < -0.4 is 0 Å². The molecule has 0 aromatic carbocycles. The molecule has 1 heterocycles. The van der Waals surface area contributed by atoms with E-state index in [4.69, 9.17) is 10.00 Å². The normalized spacial score (nSPS) is 19.4. The fourth-order valence-electron chi connectivity index (χ4n) is 0.696. The zero-order chi connectivity index (χ0) is 8.04. The molecule has 1 rings (SSSR count). The van der Waals surface area contributed by atoms with Crippen LogP contribution in [0.4, 0.5) is 0 Å². The first-order valence-corrected chi connectivity index (χ1v) is 3.82. The molecular formula is C8H15NO. The summed E-state index contributed by atoms with van der Waals surface area (Å²) in [5.74, 6) is 0. The van der Waals surface area contributed by atoms with Crippen molar-refractivity contribution in [1.29, 1.82) is 5.26 Å². The summed E-state index contributed by atoms with van der Waals surface area (Å²) in [7, 11) is 0. The van der Waals surface area contributed by atoms with Crippen LogP contribution in [0.15, 0.2) is 0 Å². The second-order valence-electron chi connectivity index (χ2n) is 2.24. The molecule has 0 aromatic heterocycles. The lowest BCUT2D eigenvalue weighted by atomic mass is 9.85. The summed E-state index contributed by atoms with van der Waals surface area (Å²) in [5.41, 5.74) is -0.111. The summed E-state index contributed by atoms with van der Waals surface area (Å²) in [6, 6.07) is 2.24. The maximum atomic E-state index is 8.51. The number of hydrogen-bond donors (Lipinski definition) is 0. The average molecular weight is 141 g/mol. The van der Waals surface area contributed by atoms with Crippen LogP contribution >= 0.6 is 0 Å². The van der Waals surface area contributed by atoms with Crippen molar-refractivity contribution in [3.05, 3.63) is 0 Å². The van der Waals surface area contributed by atoms with Gasteiger partial charge in [-0.05, 0) is 6.42 Å². The van der Waals surface area contributed by atoms with Gasteiger partial charge in [-0.2, -0.15) is 5.26 Å². The van der Waals surface area contributed by atoms with Gasteiger partial charge in [0.05, 0.1) is 19.3 Å². The zero-order valence-corrected chi connectivity index (χ0v) is 6.98. The molecule has 0 unspecified atom stereocenters. The molecule has 1 aliphatic rings. The quantitative estimate of drug-likeness (QED) is 0.559. The Kier molecular flexibility index (Phi) is 4.06. The first kappa shape index (κ1) is 9.45. The minimum Gasteiger partial charge on any atom is -0.378 e. The van der Waals surface area contributed by atoms with Crippen LogP contribution in [-0.4, -0.2) is 13.2 Å². The van der Waals surface area contributed by atoms with E-state index in [0.29, 0.717) is 13.2 Å². The Labute approximate surface area is 62.8 Å². The molecular weight excluding hydrogens is 126 g/mol. The van der Waals surface area contributed by atoms with E-state index in [-0.39, 0.29) is 5.41 Å². The zero-order valence-electron chi connectivity index (χ0n) is 6.98. The van der Waals surface area contributed by atoms with Crippen LogP contribution in [0.3, 0.4) is 0 Å². The molecule has 0 aromatic rings. The van der Waals surface area contributed by atoms with Crippen molar-refractivity contribution >= 4 is 0 Å². The van der Waals surface area contributed by atoms with E-state index in [0.717, 1.165) is 6.42 Å². The Morgan fingerprint density at radius 2 is 2.00 bits per heavy atom. The third kappa shape index (κ3) is 1.71. The van der Waals surface area contributed by atoms with E-state index in [1.165, 1.54) is 0 Å². The lowest BCUT2D eigenvalue weighted by molar-refractivity contribution is -0.0787. The Bertz CT molecular complexity index is 116. The van der Waals surface area contributed by atoms with E-state index in [9.17, 15) is 0 Å². The highest BCUT2D eigenvalue weighted by Gasteiger charge is 2.36. The van der Waals surface area contributed by atoms with Gasteiger partial charge in [-0.3, -0.25) is 0 Å². The van der Waals surface area contributed by atoms with E-state index in [1.807, 2.05) is 20.8 Å². The van der Waals surface area contributed by atoms with Crippen LogP contribution in [0.5, 0.6) is 0 Å². The molecule has 0 bridgehead atoms. The second-order valence-corrected chi connectivity index (χ2v) is 2.24. The predicted octanol–water partition coefficient (Wildman–Crippen LogP) is 1.96. The SMILES string of the molecule is CC.CCC1(C#N)COC1. The van der Waals surface area contributed by atoms with Crippen molar-refractivity contribution in [2.24, 2.45) is 5.41 Å². The summed E-state index contributed by atoms with van der Waals surface area (Å²) in [4.78, 5) is 0. The predicted molar refractivity (Wildman–Crippen MR) is 40.5 cm³/mol. The summed E-state index contributed by atoms with van der Waals surface area (Å²) in [6.45, 7) is 7.30. The Morgan fingerprint density at radius 1 is 1.50 bits per heavy atom.